The highest BCUT2D eigenvalue weighted by Gasteiger charge is 2.24. The zero-order valence-electron chi connectivity index (χ0n) is 18.3. The van der Waals surface area contributed by atoms with E-state index in [4.69, 9.17) is 4.74 Å². The summed E-state index contributed by atoms with van der Waals surface area (Å²) in [5.41, 5.74) is 1.18. The summed E-state index contributed by atoms with van der Waals surface area (Å²) in [5, 5.41) is 6.70. The molecule has 1 saturated heterocycles. The van der Waals surface area contributed by atoms with Gasteiger partial charge < -0.3 is 15.4 Å². The van der Waals surface area contributed by atoms with Crippen molar-refractivity contribution in [3.63, 3.8) is 0 Å². The number of guanidine groups is 1. The molecule has 2 rings (SSSR count). The molecule has 1 aromatic carbocycles. The number of sulfonamides is 1. The number of hydrogen-bond acceptors (Lipinski definition) is 4. The molecule has 0 radical (unpaired) electrons. The maximum absolute atomic E-state index is 11.6. The van der Waals surface area contributed by atoms with Gasteiger partial charge in [-0.1, -0.05) is 37.3 Å². The lowest BCUT2D eigenvalue weighted by molar-refractivity contribution is 0.0945. The van der Waals surface area contributed by atoms with Gasteiger partial charge in [-0.15, -0.1) is 24.0 Å². The fraction of sp³-hybridized carbons (Fsp3) is 0.667. The summed E-state index contributed by atoms with van der Waals surface area (Å²) >= 11 is 0. The highest BCUT2D eigenvalue weighted by Crippen LogP contribution is 2.18. The van der Waals surface area contributed by atoms with Crippen molar-refractivity contribution in [3.8, 4) is 0 Å². The normalized spacial score (nSPS) is 17.2. The van der Waals surface area contributed by atoms with Crippen molar-refractivity contribution >= 4 is 40.0 Å². The Morgan fingerprint density at radius 1 is 1.23 bits per heavy atom. The first-order valence-corrected chi connectivity index (χ1v) is 12.3. The van der Waals surface area contributed by atoms with Gasteiger partial charge >= 0.3 is 0 Å². The average Bonchev–Trinajstić information content (AvgIpc) is 2.70. The lowest BCUT2D eigenvalue weighted by Gasteiger charge is -2.30. The van der Waals surface area contributed by atoms with Crippen molar-refractivity contribution in [3.05, 3.63) is 35.9 Å². The van der Waals surface area contributed by atoms with E-state index >= 15 is 0 Å². The van der Waals surface area contributed by atoms with Crippen LogP contribution in [0.25, 0.3) is 0 Å². The summed E-state index contributed by atoms with van der Waals surface area (Å²) < 4.78 is 30.6. The summed E-state index contributed by atoms with van der Waals surface area (Å²) in [4.78, 5) is 4.69. The van der Waals surface area contributed by atoms with Crippen molar-refractivity contribution in [2.24, 2.45) is 16.8 Å². The second-order valence-electron chi connectivity index (χ2n) is 7.81. The summed E-state index contributed by atoms with van der Waals surface area (Å²) in [7, 11) is -3.07. The summed E-state index contributed by atoms with van der Waals surface area (Å²) in [6.45, 7) is 8.99. The number of halogens is 1. The third kappa shape index (κ3) is 10.4. The first kappa shape index (κ1) is 27.1. The molecule has 9 heteroatoms. The lowest BCUT2D eigenvalue weighted by atomic mass is 9.98. The molecule has 1 heterocycles. The van der Waals surface area contributed by atoms with Gasteiger partial charge in [0.25, 0.3) is 0 Å². The van der Waals surface area contributed by atoms with E-state index in [1.807, 2.05) is 25.1 Å². The minimum atomic E-state index is -3.07. The van der Waals surface area contributed by atoms with Crippen LogP contribution in [0.3, 0.4) is 0 Å². The molecule has 1 aliphatic rings. The van der Waals surface area contributed by atoms with E-state index in [-0.39, 0.29) is 24.0 Å². The molecule has 0 bridgehead atoms. The Kier molecular flexibility index (Phi) is 12.8. The highest BCUT2D eigenvalue weighted by atomic mass is 127. The number of nitrogens with one attached hydrogen (secondary N) is 2. The Bertz CT molecular complexity index is 723. The largest absolute Gasteiger partial charge is 0.376 e. The van der Waals surface area contributed by atoms with E-state index in [2.05, 4.69) is 34.7 Å². The van der Waals surface area contributed by atoms with Gasteiger partial charge in [0.1, 0.15) is 0 Å². The summed E-state index contributed by atoms with van der Waals surface area (Å²) in [6.07, 6.45) is 3.04. The lowest BCUT2D eigenvalue weighted by Crippen LogP contribution is -2.44. The van der Waals surface area contributed by atoms with E-state index < -0.39 is 10.0 Å². The van der Waals surface area contributed by atoms with E-state index in [1.54, 1.807) is 4.31 Å². The van der Waals surface area contributed by atoms with Gasteiger partial charge in [0.15, 0.2) is 5.96 Å². The van der Waals surface area contributed by atoms with E-state index in [0.717, 1.165) is 31.9 Å². The van der Waals surface area contributed by atoms with Crippen LogP contribution in [0, 0.1) is 11.8 Å². The Hall–Kier alpha value is -0.910. The molecule has 0 aromatic heterocycles. The monoisotopic (exact) mass is 552 g/mol. The second-order valence-corrected chi connectivity index (χ2v) is 9.79. The van der Waals surface area contributed by atoms with Crippen LogP contribution in [0.15, 0.2) is 35.3 Å². The number of aliphatic imine (C=N–C) groups is 1. The highest BCUT2D eigenvalue weighted by molar-refractivity contribution is 14.0. The first-order valence-electron chi connectivity index (χ1n) is 10.5. The van der Waals surface area contributed by atoms with Crippen LogP contribution in [-0.4, -0.2) is 64.3 Å². The van der Waals surface area contributed by atoms with Crippen LogP contribution in [0.1, 0.15) is 32.3 Å². The number of hydrogen-bond donors (Lipinski definition) is 2. The summed E-state index contributed by atoms with van der Waals surface area (Å²) in [6, 6.07) is 10.2. The SMILES string of the molecule is CCNC(=NCC(C)COCc1ccccc1)NCC1CCN(S(C)(=O)=O)CC1.I. The molecule has 0 aliphatic carbocycles. The quantitative estimate of drug-likeness (QED) is 0.265. The number of piperidine rings is 1. The molecule has 0 saturated carbocycles. The number of benzene rings is 1. The number of ether oxygens (including phenoxy) is 1. The molecule has 1 atom stereocenters. The van der Waals surface area contributed by atoms with Crippen LogP contribution < -0.4 is 10.6 Å². The molecular weight excluding hydrogens is 515 g/mol. The van der Waals surface area contributed by atoms with Gasteiger partial charge in [-0.3, -0.25) is 4.99 Å². The number of nitrogens with zero attached hydrogens (tertiary/aromatic N) is 2. The first-order chi connectivity index (χ1) is 13.9. The fourth-order valence-corrected chi connectivity index (χ4v) is 4.15. The Morgan fingerprint density at radius 3 is 2.50 bits per heavy atom. The molecule has 2 N–H and O–H groups in total. The van der Waals surface area contributed by atoms with Crippen molar-refractivity contribution < 1.29 is 13.2 Å². The van der Waals surface area contributed by atoms with Gasteiger partial charge in [-0.05, 0) is 37.2 Å². The molecular formula is C21H37IN4O3S. The minimum absolute atomic E-state index is 0. The molecule has 1 fully saturated rings. The maximum atomic E-state index is 11.6. The van der Waals surface area contributed by atoms with Gasteiger partial charge in [-0.2, -0.15) is 0 Å². The molecule has 0 spiro atoms. The Labute approximate surface area is 199 Å². The van der Waals surface area contributed by atoms with Crippen molar-refractivity contribution in [2.75, 3.05) is 45.6 Å². The van der Waals surface area contributed by atoms with Crippen molar-refractivity contribution in [1.29, 1.82) is 0 Å². The zero-order valence-corrected chi connectivity index (χ0v) is 21.5. The predicted molar refractivity (Wildman–Crippen MR) is 134 cm³/mol. The predicted octanol–water partition coefficient (Wildman–Crippen LogP) is 2.68. The second kappa shape index (κ2) is 14.2. The van der Waals surface area contributed by atoms with Gasteiger partial charge in [0.2, 0.25) is 10.0 Å². The van der Waals surface area contributed by atoms with Crippen LogP contribution in [0.5, 0.6) is 0 Å². The van der Waals surface area contributed by atoms with Crippen LogP contribution in [-0.2, 0) is 21.4 Å². The smallest absolute Gasteiger partial charge is 0.211 e. The van der Waals surface area contributed by atoms with Gasteiger partial charge in [0, 0.05) is 32.7 Å². The standard InChI is InChI=1S/C21H36N4O3S.HI/c1-4-22-21(24-15-19-10-12-25(13-11-19)29(3,26)27)23-14-18(2)16-28-17-20-8-6-5-7-9-20;/h5-9,18-19H,4,10-17H2,1-3H3,(H2,22,23,24);1H. The van der Waals surface area contributed by atoms with E-state index in [0.29, 0.717) is 44.7 Å². The van der Waals surface area contributed by atoms with E-state index in [9.17, 15) is 8.42 Å². The van der Waals surface area contributed by atoms with Crippen LogP contribution in [0.4, 0.5) is 0 Å². The molecule has 1 unspecified atom stereocenters. The Balaban J connectivity index is 0.00000450. The van der Waals surface area contributed by atoms with Gasteiger partial charge in [-0.25, -0.2) is 12.7 Å². The fourth-order valence-electron chi connectivity index (χ4n) is 3.28. The summed E-state index contributed by atoms with van der Waals surface area (Å²) in [5.74, 6) is 1.60. The van der Waals surface area contributed by atoms with Crippen LogP contribution >= 0.6 is 24.0 Å². The maximum Gasteiger partial charge on any atom is 0.211 e. The molecule has 0 amide bonds. The molecule has 1 aromatic rings. The van der Waals surface area contributed by atoms with Crippen molar-refractivity contribution in [2.45, 2.75) is 33.3 Å². The zero-order chi connectivity index (χ0) is 21.1. The molecule has 7 nitrogen and oxygen atoms in total. The Morgan fingerprint density at radius 2 is 1.90 bits per heavy atom. The molecule has 30 heavy (non-hydrogen) atoms. The number of rotatable bonds is 10. The average molecular weight is 553 g/mol. The minimum Gasteiger partial charge on any atom is -0.376 e. The van der Waals surface area contributed by atoms with Crippen LogP contribution in [0.2, 0.25) is 0 Å². The van der Waals surface area contributed by atoms with E-state index in [1.165, 1.54) is 11.8 Å². The molecule has 1 aliphatic heterocycles. The van der Waals surface area contributed by atoms with Crippen molar-refractivity contribution in [1.82, 2.24) is 14.9 Å². The molecule has 172 valence electrons. The third-order valence-corrected chi connectivity index (χ3v) is 6.32. The third-order valence-electron chi connectivity index (χ3n) is 5.02. The van der Waals surface area contributed by atoms with Gasteiger partial charge in [0.05, 0.1) is 19.5 Å². The topological polar surface area (TPSA) is 83.0 Å².